The molecule has 1 aromatic carbocycles. The van der Waals surface area contributed by atoms with Crippen molar-refractivity contribution in [2.75, 3.05) is 32.8 Å². The summed E-state index contributed by atoms with van der Waals surface area (Å²) in [6.07, 6.45) is 2.31. The highest BCUT2D eigenvalue weighted by atomic mass is 32.1. The fourth-order valence-corrected chi connectivity index (χ4v) is 4.70. The third kappa shape index (κ3) is 5.41. The molecule has 1 aliphatic heterocycles. The summed E-state index contributed by atoms with van der Waals surface area (Å²) in [5.74, 6) is -0.582. The molecular formula is C23H28FN3O4S. The van der Waals surface area contributed by atoms with Gasteiger partial charge in [0, 0.05) is 35.6 Å². The maximum atomic E-state index is 13.4. The molecule has 1 saturated heterocycles. The topological polar surface area (TPSA) is 87.7 Å². The Bertz CT molecular complexity index is 1050. The number of thiazole rings is 1. The van der Waals surface area contributed by atoms with Crippen LogP contribution < -0.4 is 0 Å². The zero-order valence-corrected chi connectivity index (χ0v) is 18.9. The molecule has 0 aliphatic carbocycles. The van der Waals surface area contributed by atoms with Gasteiger partial charge in [0.15, 0.2) is 11.3 Å². The second kappa shape index (κ2) is 10.6. The number of aromatic nitrogens is 2. The van der Waals surface area contributed by atoms with Gasteiger partial charge in [-0.05, 0) is 44.0 Å². The van der Waals surface area contributed by atoms with E-state index in [1.54, 1.807) is 17.6 Å². The zero-order chi connectivity index (χ0) is 22.5. The van der Waals surface area contributed by atoms with Crippen LogP contribution in [-0.4, -0.2) is 64.9 Å². The summed E-state index contributed by atoms with van der Waals surface area (Å²) in [6, 6.07) is 4.29. The number of ether oxygens (including phenoxy) is 2. The summed E-state index contributed by atoms with van der Waals surface area (Å²) in [4.78, 5) is 22.7. The number of rotatable bonds is 10. The molecule has 1 unspecified atom stereocenters. The number of carbonyl (C=O) groups is 1. The van der Waals surface area contributed by atoms with Crippen LogP contribution in [0.1, 0.15) is 53.3 Å². The van der Waals surface area contributed by atoms with Crippen molar-refractivity contribution in [3.05, 3.63) is 51.9 Å². The quantitative estimate of drug-likeness (QED) is 0.352. The number of benzene rings is 1. The van der Waals surface area contributed by atoms with E-state index in [-0.39, 0.29) is 17.7 Å². The van der Waals surface area contributed by atoms with Crippen LogP contribution in [0.25, 0.3) is 10.9 Å². The smallest absolute Gasteiger partial charge is 0.223 e. The van der Waals surface area contributed by atoms with Gasteiger partial charge in [0.25, 0.3) is 0 Å². The van der Waals surface area contributed by atoms with Crippen molar-refractivity contribution in [1.82, 2.24) is 14.9 Å². The van der Waals surface area contributed by atoms with Gasteiger partial charge in [-0.15, -0.1) is 11.3 Å². The van der Waals surface area contributed by atoms with Gasteiger partial charge in [-0.1, -0.05) is 6.92 Å². The number of H-pyrrole nitrogens is 1. The average molecular weight is 462 g/mol. The molecule has 7 nitrogen and oxygen atoms in total. The third-order valence-corrected chi connectivity index (χ3v) is 6.52. The largest absolute Gasteiger partial charge is 0.379 e. The van der Waals surface area contributed by atoms with Gasteiger partial charge in [-0.2, -0.15) is 0 Å². The first kappa shape index (κ1) is 23.0. The van der Waals surface area contributed by atoms with Crippen molar-refractivity contribution in [3.8, 4) is 0 Å². The van der Waals surface area contributed by atoms with Crippen molar-refractivity contribution in [1.29, 1.82) is 0 Å². The highest BCUT2D eigenvalue weighted by Gasteiger charge is 2.22. The maximum Gasteiger partial charge on any atom is 0.223 e. The van der Waals surface area contributed by atoms with Crippen molar-refractivity contribution < 1.29 is 23.8 Å². The van der Waals surface area contributed by atoms with E-state index < -0.39 is 6.29 Å². The molecule has 0 bridgehead atoms. The summed E-state index contributed by atoms with van der Waals surface area (Å²) in [6.45, 7) is 6.24. The molecule has 3 heterocycles. The number of halogens is 1. The number of fused-ring (bicyclic) bond motifs is 1. The van der Waals surface area contributed by atoms with E-state index in [4.69, 9.17) is 9.47 Å². The van der Waals surface area contributed by atoms with E-state index in [1.807, 2.05) is 6.92 Å². The number of hydrogen-bond acceptors (Lipinski definition) is 7. The van der Waals surface area contributed by atoms with Gasteiger partial charge >= 0.3 is 0 Å². The van der Waals surface area contributed by atoms with Crippen LogP contribution in [0.15, 0.2) is 29.8 Å². The molecule has 1 aliphatic rings. The second-order valence-corrected chi connectivity index (χ2v) is 8.74. The Kier molecular flexibility index (Phi) is 7.64. The van der Waals surface area contributed by atoms with E-state index in [0.29, 0.717) is 40.0 Å². The van der Waals surface area contributed by atoms with Gasteiger partial charge in [-0.25, -0.2) is 9.37 Å². The SMILES string of the molecule is CC[C@H](OC(O)CCCN1CCOCC1)c1csc(C(=O)c2c[nH]c3cc(F)ccc23)n1. The second-order valence-electron chi connectivity index (χ2n) is 7.88. The van der Waals surface area contributed by atoms with Gasteiger partial charge in [0.05, 0.1) is 24.5 Å². The Morgan fingerprint density at radius 3 is 3.00 bits per heavy atom. The molecular weight excluding hydrogens is 433 g/mol. The fraction of sp³-hybridized carbons (Fsp3) is 0.478. The van der Waals surface area contributed by atoms with Gasteiger partial charge in [0.2, 0.25) is 5.78 Å². The molecule has 2 atom stereocenters. The normalized spacial score (nSPS) is 17.0. The lowest BCUT2D eigenvalue weighted by Crippen LogP contribution is -2.37. The maximum absolute atomic E-state index is 13.4. The van der Waals surface area contributed by atoms with Gasteiger partial charge in [-0.3, -0.25) is 9.69 Å². The Hall–Kier alpha value is -2.17. The molecule has 32 heavy (non-hydrogen) atoms. The predicted octanol–water partition coefficient (Wildman–Crippen LogP) is 3.89. The van der Waals surface area contributed by atoms with Gasteiger partial charge in [0.1, 0.15) is 11.9 Å². The van der Waals surface area contributed by atoms with Crippen LogP contribution >= 0.6 is 11.3 Å². The van der Waals surface area contributed by atoms with Crippen LogP contribution in [-0.2, 0) is 9.47 Å². The van der Waals surface area contributed by atoms with E-state index in [2.05, 4.69) is 14.9 Å². The minimum Gasteiger partial charge on any atom is -0.379 e. The third-order valence-electron chi connectivity index (χ3n) is 5.66. The van der Waals surface area contributed by atoms with Crippen molar-refractivity contribution in [3.63, 3.8) is 0 Å². The van der Waals surface area contributed by atoms with Crippen molar-refractivity contribution in [2.45, 2.75) is 38.6 Å². The summed E-state index contributed by atoms with van der Waals surface area (Å²) in [5, 5.41) is 13.2. The molecule has 3 aromatic rings. The average Bonchev–Trinajstić information content (AvgIpc) is 3.45. The molecule has 1 fully saturated rings. The van der Waals surface area contributed by atoms with E-state index >= 15 is 0 Å². The summed E-state index contributed by atoms with van der Waals surface area (Å²) < 4.78 is 24.6. The van der Waals surface area contributed by atoms with Crippen LogP contribution in [0.2, 0.25) is 0 Å². The molecule has 0 radical (unpaired) electrons. The molecule has 9 heteroatoms. The van der Waals surface area contributed by atoms with E-state index in [1.165, 1.54) is 23.5 Å². The predicted molar refractivity (Wildman–Crippen MR) is 120 cm³/mol. The highest BCUT2D eigenvalue weighted by Crippen LogP contribution is 2.28. The number of aliphatic hydroxyl groups is 1. The summed E-state index contributed by atoms with van der Waals surface area (Å²) in [7, 11) is 0. The monoisotopic (exact) mass is 461 g/mol. The molecule has 172 valence electrons. The Morgan fingerprint density at radius 2 is 2.22 bits per heavy atom. The number of nitrogens with one attached hydrogen (secondary N) is 1. The van der Waals surface area contributed by atoms with Crippen LogP contribution in [0.4, 0.5) is 4.39 Å². The Balaban J connectivity index is 1.35. The Labute approximate surface area is 190 Å². The lowest BCUT2D eigenvalue weighted by atomic mass is 10.1. The summed E-state index contributed by atoms with van der Waals surface area (Å²) in [5.41, 5.74) is 1.66. The molecule has 0 saturated carbocycles. The standard InChI is InChI=1S/C23H28FN3O4S/c1-2-20(31-21(28)4-3-7-27-8-10-30-11-9-27)19-14-32-23(26-19)22(29)17-13-25-18-12-15(24)5-6-16(17)18/h5-6,12-14,20-21,25,28H,2-4,7-11H2,1H3/t20-,21?/m0/s1. The number of ketones is 1. The zero-order valence-electron chi connectivity index (χ0n) is 18.1. The number of nitrogens with zero attached hydrogens (tertiary/aromatic N) is 2. The number of carbonyl (C=O) groups excluding carboxylic acids is 1. The highest BCUT2D eigenvalue weighted by molar-refractivity contribution is 7.12. The van der Waals surface area contributed by atoms with Gasteiger partial charge < -0.3 is 19.6 Å². The number of aliphatic hydroxyl groups excluding tert-OH is 1. The molecule has 2 N–H and O–H groups in total. The number of hydrogen-bond donors (Lipinski definition) is 2. The minimum atomic E-state index is -0.884. The minimum absolute atomic E-state index is 0.222. The van der Waals surface area contributed by atoms with E-state index in [0.717, 1.165) is 39.3 Å². The molecule has 0 spiro atoms. The van der Waals surface area contributed by atoms with Crippen LogP contribution in [0.3, 0.4) is 0 Å². The van der Waals surface area contributed by atoms with Crippen molar-refractivity contribution >= 4 is 28.0 Å². The first-order valence-corrected chi connectivity index (χ1v) is 11.8. The van der Waals surface area contributed by atoms with Crippen LogP contribution in [0, 0.1) is 5.82 Å². The fourth-order valence-electron chi connectivity index (χ4n) is 3.89. The van der Waals surface area contributed by atoms with Crippen LogP contribution in [0.5, 0.6) is 0 Å². The molecule has 4 rings (SSSR count). The van der Waals surface area contributed by atoms with Crippen molar-refractivity contribution in [2.24, 2.45) is 0 Å². The number of morpholine rings is 1. The molecule has 0 amide bonds. The number of aromatic amines is 1. The summed E-state index contributed by atoms with van der Waals surface area (Å²) >= 11 is 1.25. The lowest BCUT2D eigenvalue weighted by Gasteiger charge is -2.27. The first-order valence-electron chi connectivity index (χ1n) is 11.0. The lowest BCUT2D eigenvalue weighted by molar-refractivity contribution is -0.144. The first-order chi connectivity index (χ1) is 15.5. The van der Waals surface area contributed by atoms with E-state index in [9.17, 15) is 14.3 Å². The Morgan fingerprint density at radius 1 is 1.41 bits per heavy atom. The molecule has 2 aromatic heterocycles.